The Labute approximate surface area is 197 Å². The molecule has 0 aliphatic carbocycles. The number of phenols is 2. The minimum atomic E-state index is -1.10. The average molecular weight is 472 g/mol. The predicted molar refractivity (Wildman–Crippen MR) is 127 cm³/mol. The molecule has 176 valence electrons. The molecule has 2 N–H and O–H groups in total. The maximum Gasteiger partial charge on any atom is 0.349 e. The van der Waals surface area contributed by atoms with Crippen molar-refractivity contribution in [3.8, 4) is 33.6 Å². The van der Waals surface area contributed by atoms with Gasteiger partial charge in [0.05, 0.1) is 17.2 Å². The zero-order valence-corrected chi connectivity index (χ0v) is 20.4. The van der Waals surface area contributed by atoms with Crippen molar-refractivity contribution in [2.45, 2.75) is 53.2 Å². The number of phenolic OH excluding ortho intramolecular Hbond substituents is 2. The Morgan fingerprint density at radius 3 is 2.48 bits per heavy atom. The number of benzene rings is 2. The zero-order valence-electron chi connectivity index (χ0n) is 19.6. The van der Waals surface area contributed by atoms with Crippen LogP contribution in [-0.2, 0) is 9.53 Å². The Morgan fingerprint density at radius 1 is 1.12 bits per heavy atom. The molecule has 0 fully saturated rings. The number of carbonyl (C=O) groups excluding carboxylic acids is 1. The van der Waals surface area contributed by atoms with Gasteiger partial charge in [-0.05, 0) is 83.5 Å². The fourth-order valence-electron chi connectivity index (χ4n) is 3.25. The Hall–Kier alpha value is -3.26. The number of thiazole rings is 1. The molecule has 8 heteroatoms. The lowest BCUT2D eigenvalue weighted by Crippen LogP contribution is -2.39. The lowest BCUT2D eigenvalue weighted by atomic mass is 10.1. The second-order valence-corrected chi connectivity index (χ2v) is 9.22. The van der Waals surface area contributed by atoms with Crippen molar-refractivity contribution in [3.63, 3.8) is 0 Å². The van der Waals surface area contributed by atoms with Crippen LogP contribution >= 0.6 is 11.3 Å². The first-order valence-electron chi connectivity index (χ1n) is 10.6. The summed E-state index contributed by atoms with van der Waals surface area (Å²) in [5.74, 6) is 0.471. The summed E-state index contributed by atoms with van der Waals surface area (Å²) in [6, 6.07) is 10.1. The normalized spacial score (nSPS) is 12.3. The van der Waals surface area contributed by atoms with E-state index in [2.05, 4.69) is 4.98 Å². The third-order valence-electron chi connectivity index (χ3n) is 5.02. The smallest absolute Gasteiger partial charge is 0.349 e. The van der Waals surface area contributed by atoms with Gasteiger partial charge in [0.1, 0.15) is 22.6 Å². The van der Waals surface area contributed by atoms with Crippen LogP contribution in [0.2, 0.25) is 0 Å². The summed E-state index contributed by atoms with van der Waals surface area (Å²) in [5, 5.41) is 20.1. The SMILES string of the molecule is CCOC(=O)C(C)(C)Oc1ccc(OC(C)c2sc(-c3ccc(O)c(O)c3)nc2C)cc1C. The molecule has 1 aromatic heterocycles. The predicted octanol–water partition coefficient (Wildman–Crippen LogP) is 5.70. The largest absolute Gasteiger partial charge is 0.504 e. The topological polar surface area (TPSA) is 98.1 Å². The first kappa shape index (κ1) is 24.4. The van der Waals surface area contributed by atoms with Gasteiger partial charge in [-0.2, -0.15) is 0 Å². The van der Waals surface area contributed by atoms with E-state index in [4.69, 9.17) is 14.2 Å². The Bertz CT molecular complexity index is 1150. The molecule has 0 aliphatic heterocycles. The molecule has 2 aromatic carbocycles. The molecule has 1 atom stereocenters. The molecule has 33 heavy (non-hydrogen) atoms. The molecule has 0 bridgehead atoms. The fraction of sp³-hybridized carbons (Fsp3) is 0.360. The number of aromatic nitrogens is 1. The van der Waals surface area contributed by atoms with Crippen molar-refractivity contribution in [3.05, 3.63) is 52.5 Å². The van der Waals surface area contributed by atoms with Gasteiger partial charge in [0.25, 0.3) is 0 Å². The number of hydrogen-bond acceptors (Lipinski definition) is 8. The van der Waals surface area contributed by atoms with Crippen LogP contribution in [0, 0.1) is 13.8 Å². The standard InChI is InChI=1S/C25H29NO6S/c1-7-30-24(29)25(5,6)32-21-11-9-18(12-14(21)2)31-16(4)22-15(3)26-23(33-22)17-8-10-19(27)20(28)13-17/h8-13,16,27-28H,7H2,1-6H3. The summed E-state index contributed by atoms with van der Waals surface area (Å²) in [7, 11) is 0. The molecule has 0 saturated carbocycles. The fourth-order valence-corrected chi connectivity index (χ4v) is 4.30. The van der Waals surface area contributed by atoms with Crippen LogP contribution < -0.4 is 9.47 Å². The Balaban J connectivity index is 1.75. The number of hydrogen-bond donors (Lipinski definition) is 2. The van der Waals surface area contributed by atoms with Crippen molar-refractivity contribution in [2.75, 3.05) is 6.61 Å². The third-order valence-corrected chi connectivity index (χ3v) is 6.38. The van der Waals surface area contributed by atoms with E-state index in [9.17, 15) is 15.0 Å². The van der Waals surface area contributed by atoms with E-state index in [0.29, 0.717) is 18.1 Å². The van der Waals surface area contributed by atoms with E-state index in [-0.39, 0.29) is 17.6 Å². The monoisotopic (exact) mass is 471 g/mol. The van der Waals surface area contributed by atoms with Crippen molar-refractivity contribution in [1.29, 1.82) is 0 Å². The molecule has 1 heterocycles. The van der Waals surface area contributed by atoms with Crippen LogP contribution in [0.4, 0.5) is 0 Å². The molecule has 0 aliphatic rings. The molecule has 7 nitrogen and oxygen atoms in total. The van der Waals surface area contributed by atoms with E-state index in [1.54, 1.807) is 39.0 Å². The Morgan fingerprint density at radius 2 is 1.85 bits per heavy atom. The molecular weight excluding hydrogens is 442 g/mol. The van der Waals surface area contributed by atoms with Crippen LogP contribution in [-0.4, -0.2) is 33.4 Å². The number of esters is 1. The van der Waals surface area contributed by atoms with Crippen molar-refractivity contribution in [1.82, 2.24) is 4.98 Å². The second-order valence-electron chi connectivity index (χ2n) is 8.19. The number of carbonyl (C=O) groups is 1. The molecule has 0 radical (unpaired) electrons. The van der Waals surface area contributed by atoms with Crippen LogP contribution in [0.25, 0.3) is 10.6 Å². The van der Waals surface area contributed by atoms with Gasteiger partial charge < -0.3 is 24.4 Å². The number of ether oxygens (including phenoxy) is 3. The molecule has 3 rings (SSSR count). The van der Waals surface area contributed by atoms with E-state index in [0.717, 1.165) is 26.7 Å². The molecule has 0 spiro atoms. The van der Waals surface area contributed by atoms with Crippen molar-refractivity contribution in [2.24, 2.45) is 0 Å². The summed E-state index contributed by atoms with van der Waals surface area (Å²) in [6.45, 7) is 11.2. The average Bonchev–Trinajstić information content (AvgIpc) is 3.14. The summed E-state index contributed by atoms with van der Waals surface area (Å²) in [5.41, 5.74) is 1.29. The highest BCUT2D eigenvalue weighted by Gasteiger charge is 2.32. The number of aromatic hydroxyl groups is 2. The van der Waals surface area contributed by atoms with Gasteiger partial charge in [0.15, 0.2) is 17.1 Å². The van der Waals surface area contributed by atoms with Gasteiger partial charge in [-0.15, -0.1) is 11.3 Å². The van der Waals surface area contributed by atoms with Gasteiger partial charge in [-0.25, -0.2) is 9.78 Å². The van der Waals surface area contributed by atoms with Crippen molar-refractivity contribution >= 4 is 17.3 Å². The van der Waals surface area contributed by atoms with Crippen molar-refractivity contribution < 1.29 is 29.2 Å². The molecule has 0 amide bonds. The summed E-state index contributed by atoms with van der Waals surface area (Å²) < 4.78 is 17.1. The minimum Gasteiger partial charge on any atom is -0.504 e. The first-order valence-corrected chi connectivity index (χ1v) is 11.5. The molecular formula is C25H29NO6S. The van der Waals surface area contributed by atoms with Crippen LogP contribution in [0.15, 0.2) is 36.4 Å². The third kappa shape index (κ3) is 5.57. The van der Waals surface area contributed by atoms with Gasteiger partial charge >= 0.3 is 5.97 Å². The molecule has 3 aromatic rings. The number of rotatable bonds is 8. The van der Waals surface area contributed by atoms with Gasteiger partial charge in [0.2, 0.25) is 0 Å². The molecule has 1 unspecified atom stereocenters. The Kier molecular flexibility index (Phi) is 7.17. The van der Waals surface area contributed by atoms with E-state index < -0.39 is 11.6 Å². The van der Waals surface area contributed by atoms with E-state index in [1.165, 1.54) is 23.5 Å². The lowest BCUT2D eigenvalue weighted by Gasteiger charge is -2.25. The highest BCUT2D eigenvalue weighted by molar-refractivity contribution is 7.15. The first-order chi connectivity index (χ1) is 15.5. The van der Waals surface area contributed by atoms with E-state index in [1.807, 2.05) is 26.8 Å². The molecule has 0 saturated heterocycles. The second kappa shape index (κ2) is 9.70. The summed E-state index contributed by atoms with van der Waals surface area (Å²) >= 11 is 1.47. The lowest BCUT2D eigenvalue weighted by molar-refractivity contribution is -0.158. The summed E-state index contributed by atoms with van der Waals surface area (Å²) in [6.07, 6.45) is -0.260. The maximum absolute atomic E-state index is 12.1. The van der Waals surface area contributed by atoms with Crippen LogP contribution in [0.1, 0.15) is 49.9 Å². The van der Waals surface area contributed by atoms with Crippen LogP contribution in [0.5, 0.6) is 23.0 Å². The maximum atomic E-state index is 12.1. The van der Waals surface area contributed by atoms with E-state index >= 15 is 0 Å². The quantitative estimate of drug-likeness (QED) is 0.321. The van der Waals surface area contributed by atoms with Gasteiger partial charge in [-0.3, -0.25) is 0 Å². The highest BCUT2D eigenvalue weighted by Crippen LogP contribution is 2.37. The number of nitrogens with zero attached hydrogens (tertiary/aromatic N) is 1. The van der Waals surface area contributed by atoms with Crippen LogP contribution in [0.3, 0.4) is 0 Å². The minimum absolute atomic E-state index is 0.169. The van der Waals surface area contributed by atoms with Gasteiger partial charge in [0, 0.05) is 5.56 Å². The van der Waals surface area contributed by atoms with Gasteiger partial charge in [-0.1, -0.05) is 0 Å². The highest BCUT2D eigenvalue weighted by atomic mass is 32.1. The summed E-state index contributed by atoms with van der Waals surface area (Å²) in [4.78, 5) is 17.7. The zero-order chi connectivity index (χ0) is 24.3. The number of aryl methyl sites for hydroxylation is 2.